The summed E-state index contributed by atoms with van der Waals surface area (Å²) in [6.07, 6.45) is 1.10. The Bertz CT molecular complexity index is 526. The molecule has 1 amide bonds. The highest BCUT2D eigenvalue weighted by molar-refractivity contribution is 7.90. The minimum Gasteiger partial charge on any atom is -0.326 e. The van der Waals surface area contributed by atoms with Gasteiger partial charge in [-0.25, -0.2) is 8.42 Å². The zero-order chi connectivity index (χ0) is 14.3. The number of hydrogen-bond donors (Lipinski definition) is 2. The number of anilines is 1. The van der Waals surface area contributed by atoms with Gasteiger partial charge in [-0.15, -0.1) is 0 Å². The molecule has 0 heterocycles. The van der Waals surface area contributed by atoms with Gasteiger partial charge in [-0.1, -0.05) is 19.1 Å². The summed E-state index contributed by atoms with van der Waals surface area (Å²) in [6.45, 7) is 3.64. The van der Waals surface area contributed by atoms with Gasteiger partial charge in [0.05, 0.1) is 5.75 Å². The highest BCUT2D eigenvalue weighted by Gasteiger charge is 2.08. The van der Waals surface area contributed by atoms with Gasteiger partial charge in [-0.2, -0.15) is 0 Å². The molecule has 6 heteroatoms. The van der Waals surface area contributed by atoms with E-state index in [1.54, 1.807) is 6.07 Å². The Kier molecular flexibility index (Phi) is 5.98. The average molecular weight is 284 g/mol. The number of carbonyl (C=O) groups is 1. The number of hydrogen-bond acceptors (Lipinski definition) is 4. The third-order valence-corrected chi connectivity index (χ3v) is 3.44. The molecule has 19 heavy (non-hydrogen) atoms. The van der Waals surface area contributed by atoms with Gasteiger partial charge in [0.15, 0.2) is 0 Å². The lowest BCUT2D eigenvalue weighted by Gasteiger charge is -2.07. The van der Waals surface area contributed by atoms with Crippen molar-refractivity contribution >= 4 is 21.4 Å². The number of sulfone groups is 1. The zero-order valence-corrected chi connectivity index (χ0v) is 12.1. The van der Waals surface area contributed by atoms with Gasteiger partial charge >= 0.3 is 0 Å². The molecule has 0 atom stereocenters. The van der Waals surface area contributed by atoms with E-state index in [0.29, 0.717) is 5.69 Å². The highest BCUT2D eigenvalue weighted by atomic mass is 32.2. The molecule has 2 N–H and O–H groups in total. The van der Waals surface area contributed by atoms with Crippen LogP contribution in [-0.2, 0) is 21.2 Å². The minimum absolute atomic E-state index is 0.0176. The van der Waals surface area contributed by atoms with Crippen molar-refractivity contribution in [2.24, 2.45) is 0 Å². The van der Waals surface area contributed by atoms with E-state index < -0.39 is 9.84 Å². The highest BCUT2D eigenvalue weighted by Crippen LogP contribution is 2.11. The van der Waals surface area contributed by atoms with Crippen molar-refractivity contribution in [1.82, 2.24) is 5.32 Å². The van der Waals surface area contributed by atoms with Crippen LogP contribution in [0.1, 0.15) is 18.9 Å². The Hall–Kier alpha value is -1.40. The molecule has 106 valence electrons. The van der Waals surface area contributed by atoms with Crippen molar-refractivity contribution in [3.8, 4) is 0 Å². The number of amides is 1. The Balaban J connectivity index is 2.54. The molecule has 0 saturated carbocycles. The van der Waals surface area contributed by atoms with Gasteiger partial charge in [-0.05, 0) is 24.2 Å². The smallest absolute Gasteiger partial charge is 0.225 e. The first-order valence-corrected chi connectivity index (χ1v) is 8.24. The molecule has 0 aliphatic rings. The summed E-state index contributed by atoms with van der Waals surface area (Å²) < 4.78 is 21.9. The van der Waals surface area contributed by atoms with Crippen molar-refractivity contribution in [3.05, 3.63) is 29.8 Å². The lowest BCUT2D eigenvalue weighted by Crippen LogP contribution is -2.17. The number of benzene rings is 1. The maximum Gasteiger partial charge on any atom is 0.225 e. The third-order valence-electron chi connectivity index (χ3n) is 2.49. The molecule has 0 aromatic heterocycles. The fourth-order valence-electron chi connectivity index (χ4n) is 1.53. The van der Waals surface area contributed by atoms with Crippen molar-refractivity contribution in [2.75, 3.05) is 23.9 Å². The molecule has 5 nitrogen and oxygen atoms in total. The van der Waals surface area contributed by atoms with Crippen LogP contribution in [0.4, 0.5) is 5.69 Å². The summed E-state index contributed by atoms with van der Waals surface area (Å²) in [6, 6.07) is 7.49. The SMILES string of the molecule is CCNCc1cccc(NC(=O)CCS(C)(=O)=O)c1. The standard InChI is InChI=1S/C13H20N2O3S/c1-3-14-10-11-5-4-6-12(9-11)15-13(16)7-8-19(2,17)18/h4-6,9,14H,3,7-8,10H2,1-2H3,(H,15,16). The van der Waals surface area contributed by atoms with Crippen molar-refractivity contribution in [1.29, 1.82) is 0 Å². The van der Waals surface area contributed by atoms with Crippen LogP contribution in [0.5, 0.6) is 0 Å². The topological polar surface area (TPSA) is 75.3 Å². The fourth-order valence-corrected chi connectivity index (χ4v) is 2.09. The van der Waals surface area contributed by atoms with Gasteiger partial charge in [0.2, 0.25) is 5.91 Å². The van der Waals surface area contributed by atoms with E-state index >= 15 is 0 Å². The molecule has 0 unspecified atom stereocenters. The van der Waals surface area contributed by atoms with E-state index in [1.807, 2.05) is 25.1 Å². The Morgan fingerprint density at radius 3 is 2.68 bits per heavy atom. The second-order valence-corrected chi connectivity index (χ2v) is 6.67. The van der Waals surface area contributed by atoms with Crippen LogP contribution in [0.25, 0.3) is 0 Å². The van der Waals surface area contributed by atoms with E-state index in [4.69, 9.17) is 0 Å². The summed E-state index contributed by atoms with van der Waals surface area (Å²) >= 11 is 0. The summed E-state index contributed by atoms with van der Waals surface area (Å²) in [5.41, 5.74) is 1.76. The second-order valence-electron chi connectivity index (χ2n) is 4.41. The fraction of sp³-hybridized carbons (Fsp3) is 0.462. The molecule has 0 fully saturated rings. The van der Waals surface area contributed by atoms with Crippen molar-refractivity contribution in [3.63, 3.8) is 0 Å². The Labute approximate surface area is 114 Å². The molecule has 0 aliphatic carbocycles. The van der Waals surface area contributed by atoms with E-state index in [0.717, 1.165) is 24.9 Å². The second kappa shape index (κ2) is 7.25. The maximum absolute atomic E-state index is 11.6. The molecule has 0 saturated heterocycles. The number of carbonyl (C=O) groups excluding carboxylic acids is 1. The summed E-state index contributed by atoms with van der Waals surface area (Å²) in [4.78, 5) is 11.6. The first-order chi connectivity index (χ1) is 8.90. The van der Waals surface area contributed by atoms with Gasteiger partial charge in [-0.3, -0.25) is 4.79 Å². The van der Waals surface area contributed by atoms with E-state index in [9.17, 15) is 13.2 Å². The quantitative estimate of drug-likeness (QED) is 0.788. The number of rotatable bonds is 7. The van der Waals surface area contributed by atoms with E-state index in [-0.39, 0.29) is 18.1 Å². The molecule has 1 aromatic rings. The van der Waals surface area contributed by atoms with Crippen LogP contribution in [-0.4, -0.2) is 32.9 Å². The molecule has 0 spiro atoms. The van der Waals surface area contributed by atoms with Crippen LogP contribution in [0.2, 0.25) is 0 Å². The monoisotopic (exact) mass is 284 g/mol. The third kappa shape index (κ3) is 6.93. The lowest BCUT2D eigenvalue weighted by atomic mass is 10.2. The number of nitrogens with one attached hydrogen (secondary N) is 2. The predicted octanol–water partition coefficient (Wildman–Crippen LogP) is 1.17. The lowest BCUT2D eigenvalue weighted by molar-refractivity contribution is -0.115. The van der Waals surface area contributed by atoms with Crippen molar-refractivity contribution in [2.45, 2.75) is 19.9 Å². The maximum atomic E-state index is 11.6. The average Bonchev–Trinajstić information content (AvgIpc) is 2.33. The molecular weight excluding hydrogens is 264 g/mol. The Morgan fingerprint density at radius 2 is 2.05 bits per heavy atom. The van der Waals surface area contributed by atoms with Crippen LogP contribution >= 0.6 is 0 Å². The van der Waals surface area contributed by atoms with Crippen LogP contribution in [0.15, 0.2) is 24.3 Å². The first-order valence-electron chi connectivity index (χ1n) is 6.18. The van der Waals surface area contributed by atoms with Gasteiger partial charge in [0, 0.05) is 24.9 Å². The zero-order valence-electron chi connectivity index (χ0n) is 11.3. The minimum atomic E-state index is -3.10. The van der Waals surface area contributed by atoms with Gasteiger partial charge < -0.3 is 10.6 Å². The van der Waals surface area contributed by atoms with Crippen molar-refractivity contribution < 1.29 is 13.2 Å². The summed E-state index contributed by atoms with van der Waals surface area (Å²) in [7, 11) is -3.10. The molecule has 1 aromatic carbocycles. The molecule has 1 rings (SSSR count). The predicted molar refractivity (Wildman–Crippen MR) is 76.8 cm³/mol. The largest absolute Gasteiger partial charge is 0.326 e. The van der Waals surface area contributed by atoms with E-state index in [1.165, 1.54) is 0 Å². The molecular formula is C13H20N2O3S. The van der Waals surface area contributed by atoms with Gasteiger partial charge in [0.1, 0.15) is 9.84 Å². The normalized spacial score (nSPS) is 11.3. The first kappa shape index (κ1) is 15.7. The molecule has 0 aliphatic heterocycles. The summed E-state index contributed by atoms with van der Waals surface area (Å²) in [5.74, 6) is -0.415. The molecule has 0 radical (unpaired) electrons. The molecule has 0 bridgehead atoms. The van der Waals surface area contributed by atoms with Crippen LogP contribution in [0.3, 0.4) is 0 Å². The Morgan fingerprint density at radius 1 is 1.32 bits per heavy atom. The van der Waals surface area contributed by atoms with Gasteiger partial charge in [0.25, 0.3) is 0 Å². The van der Waals surface area contributed by atoms with Crippen LogP contribution < -0.4 is 10.6 Å². The van der Waals surface area contributed by atoms with Crippen LogP contribution in [0, 0.1) is 0 Å². The summed E-state index contributed by atoms with van der Waals surface area (Å²) in [5, 5.41) is 5.90. The van der Waals surface area contributed by atoms with E-state index in [2.05, 4.69) is 10.6 Å².